The van der Waals surface area contributed by atoms with Crippen molar-refractivity contribution in [3.05, 3.63) is 24.3 Å². The van der Waals surface area contributed by atoms with Gasteiger partial charge in [-0.1, -0.05) is 0 Å². The number of esters is 1. The van der Waals surface area contributed by atoms with Gasteiger partial charge in [0.2, 0.25) is 21.8 Å². The SMILES string of the molecule is CCOC(=O)C1CCN(C(=O)CN(C)C(=O)[C@H](C)NS(=O)(=O)c2ccc(OC)cc2)CC1. The second-order valence-corrected chi connectivity index (χ2v) is 9.33. The van der Waals surface area contributed by atoms with E-state index >= 15 is 0 Å². The number of piperidine rings is 1. The number of likely N-dealkylation sites (tertiary alicyclic amines) is 1. The number of hydrogen-bond acceptors (Lipinski definition) is 7. The maximum atomic E-state index is 12.6. The van der Waals surface area contributed by atoms with E-state index in [1.807, 2.05) is 0 Å². The van der Waals surface area contributed by atoms with Crippen LogP contribution in [0.25, 0.3) is 0 Å². The molecule has 1 heterocycles. The Kier molecular flexibility index (Phi) is 9.02. The molecule has 1 aromatic rings. The minimum atomic E-state index is -3.92. The lowest BCUT2D eigenvalue weighted by molar-refractivity contribution is -0.151. The molecule has 1 aromatic carbocycles. The van der Waals surface area contributed by atoms with E-state index in [1.165, 1.54) is 50.2 Å². The predicted octanol–water partition coefficient (Wildman–Crippen LogP) is 0.622. The average molecular weight is 470 g/mol. The fraction of sp³-hybridized carbons (Fsp3) is 0.571. The summed E-state index contributed by atoms with van der Waals surface area (Å²) in [6.07, 6.45) is 1.03. The highest BCUT2D eigenvalue weighted by atomic mass is 32.2. The minimum Gasteiger partial charge on any atom is -0.497 e. The van der Waals surface area contributed by atoms with Crippen LogP contribution in [0.2, 0.25) is 0 Å². The van der Waals surface area contributed by atoms with Gasteiger partial charge in [-0.15, -0.1) is 0 Å². The highest BCUT2D eigenvalue weighted by molar-refractivity contribution is 7.89. The molecule has 2 rings (SSSR count). The van der Waals surface area contributed by atoms with E-state index in [0.717, 1.165) is 0 Å². The van der Waals surface area contributed by atoms with Gasteiger partial charge in [-0.05, 0) is 51.0 Å². The predicted molar refractivity (Wildman–Crippen MR) is 116 cm³/mol. The third kappa shape index (κ3) is 6.67. The topological polar surface area (TPSA) is 122 Å². The average Bonchev–Trinajstić information content (AvgIpc) is 2.78. The first-order valence-corrected chi connectivity index (χ1v) is 11.9. The molecule has 10 nitrogen and oxygen atoms in total. The molecule has 0 saturated carbocycles. The van der Waals surface area contributed by atoms with Crippen LogP contribution in [0, 0.1) is 5.92 Å². The van der Waals surface area contributed by atoms with Crippen molar-refractivity contribution in [2.24, 2.45) is 5.92 Å². The van der Waals surface area contributed by atoms with Gasteiger partial charge in [-0.3, -0.25) is 14.4 Å². The number of nitrogens with zero attached hydrogens (tertiary/aromatic N) is 2. The highest BCUT2D eigenvalue weighted by Crippen LogP contribution is 2.19. The number of sulfonamides is 1. The molecular weight excluding hydrogens is 438 g/mol. The molecule has 178 valence electrons. The van der Waals surface area contributed by atoms with Gasteiger partial charge in [0, 0.05) is 20.1 Å². The molecule has 1 N–H and O–H groups in total. The van der Waals surface area contributed by atoms with Crippen LogP contribution in [0.5, 0.6) is 5.75 Å². The third-order valence-corrected chi connectivity index (χ3v) is 6.84. The molecule has 1 fully saturated rings. The number of likely N-dealkylation sites (N-methyl/N-ethyl adjacent to an activating group) is 1. The fourth-order valence-electron chi connectivity index (χ4n) is 3.44. The Morgan fingerprint density at radius 3 is 2.31 bits per heavy atom. The monoisotopic (exact) mass is 469 g/mol. The number of benzene rings is 1. The van der Waals surface area contributed by atoms with Gasteiger partial charge in [0.25, 0.3) is 0 Å². The van der Waals surface area contributed by atoms with Crippen molar-refractivity contribution in [1.29, 1.82) is 0 Å². The standard InChI is InChI=1S/C21H31N3O7S/c1-5-31-21(27)16-10-12-24(13-11-16)19(25)14-23(3)20(26)15(2)22-32(28,29)18-8-6-17(30-4)7-9-18/h6-9,15-16,22H,5,10-14H2,1-4H3/t15-/m0/s1. The second-order valence-electron chi connectivity index (χ2n) is 7.62. The van der Waals surface area contributed by atoms with E-state index in [-0.39, 0.29) is 29.2 Å². The van der Waals surface area contributed by atoms with E-state index < -0.39 is 22.0 Å². The number of amides is 2. The summed E-state index contributed by atoms with van der Waals surface area (Å²) in [6, 6.07) is 4.72. The van der Waals surface area contributed by atoms with Crippen LogP contribution in [-0.4, -0.2) is 82.4 Å². The summed E-state index contributed by atoms with van der Waals surface area (Å²) >= 11 is 0. The molecule has 2 amide bonds. The molecule has 1 saturated heterocycles. The second kappa shape index (κ2) is 11.3. The Balaban J connectivity index is 1.88. The molecule has 0 aliphatic carbocycles. The Hall–Kier alpha value is -2.66. The van der Waals surface area contributed by atoms with Crippen LogP contribution >= 0.6 is 0 Å². The van der Waals surface area contributed by atoms with Crippen LogP contribution in [0.3, 0.4) is 0 Å². The zero-order valence-corrected chi connectivity index (χ0v) is 19.7. The van der Waals surface area contributed by atoms with Crippen molar-refractivity contribution < 1.29 is 32.3 Å². The van der Waals surface area contributed by atoms with Gasteiger partial charge >= 0.3 is 5.97 Å². The number of methoxy groups -OCH3 is 1. The molecule has 0 bridgehead atoms. The lowest BCUT2D eigenvalue weighted by Crippen LogP contribution is -2.50. The van der Waals surface area contributed by atoms with Gasteiger partial charge in [0.15, 0.2) is 0 Å². The minimum absolute atomic E-state index is 0.00106. The normalized spacial score (nSPS) is 15.7. The number of rotatable bonds is 9. The third-order valence-electron chi connectivity index (χ3n) is 5.29. The van der Waals surface area contributed by atoms with Crippen LogP contribution in [-0.2, 0) is 29.1 Å². The van der Waals surface area contributed by atoms with Crippen LogP contribution in [0.15, 0.2) is 29.2 Å². The Morgan fingerprint density at radius 1 is 1.19 bits per heavy atom. The van der Waals surface area contributed by atoms with Gasteiger partial charge in [0.1, 0.15) is 5.75 Å². The lowest BCUT2D eigenvalue weighted by Gasteiger charge is -2.32. The smallest absolute Gasteiger partial charge is 0.309 e. The molecule has 0 unspecified atom stereocenters. The van der Waals surface area contributed by atoms with E-state index in [9.17, 15) is 22.8 Å². The van der Waals surface area contributed by atoms with E-state index in [1.54, 1.807) is 11.8 Å². The summed E-state index contributed by atoms with van der Waals surface area (Å²) in [5.74, 6) is -0.738. The number of hydrogen-bond donors (Lipinski definition) is 1. The summed E-state index contributed by atoms with van der Waals surface area (Å²) in [6.45, 7) is 4.13. The highest BCUT2D eigenvalue weighted by Gasteiger charge is 2.30. The van der Waals surface area contributed by atoms with E-state index in [0.29, 0.717) is 38.3 Å². The van der Waals surface area contributed by atoms with Crippen LogP contribution < -0.4 is 9.46 Å². The van der Waals surface area contributed by atoms with Crippen LogP contribution in [0.1, 0.15) is 26.7 Å². The van der Waals surface area contributed by atoms with Gasteiger partial charge < -0.3 is 19.3 Å². The number of carbonyl (C=O) groups is 3. The van der Waals surface area contributed by atoms with Crippen LogP contribution in [0.4, 0.5) is 0 Å². The molecular formula is C21H31N3O7S. The zero-order valence-electron chi connectivity index (χ0n) is 18.9. The summed E-state index contributed by atoms with van der Waals surface area (Å²) < 4.78 is 37.4. The summed E-state index contributed by atoms with van der Waals surface area (Å²) in [5.41, 5.74) is 0. The van der Waals surface area contributed by atoms with Gasteiger partial charge in [0.05, 0.1) is 37.1 Å². The lowest BCUT2D eigenvalue weighted by atomic mass is 9.97. The summed E-state index contributed by atoms with van der Waals surface area (Å²) in [7, 11) is -1.00. The molecule has 0 radical (unpaired) electrons. The Morgan fingerprint density at radius 2 is 1.78 bits per heavy atom. The molecule has 1 aliphatic rings. The first-order chi connectivity index (χ1) is 15.1. The first-order valence-electron chi connectivity index (χ1n) is 10.4. The van der Waals surface area contributed by atoms with Gasteiger partial charge in [-0.2, -0.15) is 4.72 Å². The zero-order chi connectivity index (χ0) is 23.9. The van der Waals surface area contributed by atoms with E-state index in [4.69, 9.17) is 9.47 Å². The first kappa shape index (κ1) is 25.6. The molecule has 1 atom stereocenters. The maximum absolute atomic E-state index is 12.6. The number of ether oxygens (including phenoxy) is 2. The van der Waals surface area contributed by atoms with Crippen molar-refractivity contribution in [2.75, 3.05) is 40.4 Å². The molecule has 11 heteroatoms. The Labute approximate surface area is 188 Å². The van der Waals surface area contributed by atoms with Crippen molar-refractivity contribution in [3.63, 3.8) is 0 Å². The fourth-order valence-corrected chi connectivity index (χ4v) is 4.64. The van der Waals surface area contributed by atoms with Crippen molar-refractivity contribution in [2.45, 2.75) is 37.6 Å². The Bertz CT molecular complexity index is 910. The maximum Gasteiger partial charge on any atom is 0.309 e. The summed E-state index contributed by atoms with van der Waals surface area (Å²) in [4.78, 5) is 39.8. The summed E-state index contributed by atoms with van der Waals surface area (Å²) in [5, 5.41) is 0. The van der Waals surface area contributed by atoms with Crippen molar-refractivity contribution >= 4 is 27.8 Å². The van der Waals surface area contributed by atoms with Gasteiger partial charge in [-0.25, -0.2) is 8.42 Å². The molecule has 32 heavy (non-hydrogen) atoms. The van der Waals surface area contributed by atoms with Crippen molar-refractivity contribution in [1.82, 2.24) is 14.5 Å². The number of carbonyl (C=O) groups excluding carboxylic acids is 3. The van der Waals surface area contributed by atoms with E-state index in [2.05, 4.69) is 4.72 Å². The quantitative estimate of drug-likeness (QED) is 0.526. The van der Waals surface area contributed by atoms with Crippen molar-refractivity contribution in [3.8, 4) is 5.75 Å². The molecule has 0 spiro atoms. The molecule has 1 aliphatic heterocycles. The largest absolute Gasteiger partial charge is 0.497 e. The molecule has 0 aromatic heterocycles. The number of nitrogens with one attached hydrogen (secondary N) is 1.